The van der Waals surface area contributed by atoms with E-state index in [1.807, 2.05) is 13.0 Å². The van der Waals surface area contributed by atoms with Crippen LogP contribution in [0.15, 0.2) is 34.2 Å². The van der Waals surface area contributed by atoms with Gasteiger partial charge in [0.15, 0.2) is 5.96 Å². The van der Waals surface area contributed by atoms with Crippen molar-refractivity contribution in [2.45, 2.75) is 24.8 Å². The van der Waals surface area contributed by atoms with Crippen LogP contribution in [0.2, 0.25) is 0 Å². The number of ether oxygens (including phenoxy) is 1. The first-order chi connectivity index (χ1) is 10.5. The lowest BCUT2D eigenvalue weighted by molar-refractivity contribution is 0.204. The third kappa shape index (κ3) is 6.42. The number of aliphatic imine (C=N–C) groups is 1. The zero-order valence-electron chi connectivity index (χ0n) is 13.0. The summed E-state index contributed by atoms with van der Waals surface area (Å²) in [7, 11) is -2.02. The fraction of sp³-hybridized carbons (Fsp3) is 0.500. The maximum Gasteiger partial charge on any atom is 0.240 e. The molecule has 0 aliphatic heterocycles. The number of nitrogens with one attached hydrogen (secondary N) is 2. The van der Waals surface area contributed by atoms with Gasteiger partial charge in [-0.25, -0.2) is 18.1 Å². The molecular formula is C14H24N4O3S. The number of nitrogens with two attached hydrogens (primary N) is 1. The molecule has 0 bridgehead atoms. The molecule has 4 N–H and O–H groups in total. The summed E-state index contributed by atoms with van der Waals surface area (Å²) in [5, 5.41) is 2.97. The summed E-state index contributed by atoms with van der Waals surface area (Å²) in [6.45, 7) is 3.67. The quantitative estimate of drug-likeness (QED) is 0.346. The van der Waals surface area contributed by atoms with Gasteiger partial charge in [0.25, 0.3) is 0 Å². The molecule has 0 unspecified atom stereocenters. The first-order valence-corrected chi connectivity index (χ1v) is 8.59. The third-order valence-corrected chi connectivity index (χ3v) is 4.25. The summed E-state index contributed by atoms with van der Waals surface area (Å²) in [4.78, 5) is 4.38. The van der Waals surface area contributed by atoms with Gasteiger partial charge >= 0.3 is 0 Å². The standard InChI is InChI=1S/C14H24N4O3S/c1-3-7-16-14(15)17-11-12-5-4-6-13(10-12)22(19,20)18-8-9-21-2/h4-6,10,18H,3,7-9,11H2,1-2H3,(H3,15,16,17). The zero-order valence-corrected chi connectivity index (χ0v) is 13.8. The van der Waals surface area contributed by atoms with Crippen LogP contribution in [-0.2, 0) is 21.3 Å². The zero-order chi connectivity index (χ0) is 16.4. The van der Waals surface area contributed by atoms with E-state index in [9.17, 15) is 8.42 Å². The number of hydrogen-bond donors (Lipinski definition) is 3. The van der Waals surface area contributed by atoms with E-state index < -0.39 is 10.0 Å². The van der Waals surface area contributed by atoms with E-state index in [2.05, 4.69) is 15.0 Å². The second kappa shape index (κ2) is 9.39. The molecule has 0 heterocycles. The highest BCUT2D eigenvalue weighted by atomic mass is 32.2. The van der Waals surface area contributed by atoms with Gasteiger partial charge in [-0.3, -0.25) is 0 Å². The number of nitrogens with zero attached hydrogens (tertiary/aromatic N) is 1. The monoisotopic (exact) mass is 328 g/mol. The predicted octanol–water partition coefficient (Wildman–Crippen LogP) is 0.426. The van der Waals surface area contributed by atoms with Gasteiger partial charge in [0.2, 0.25) is 10.0 Å². The average Bonchev–Trinajstić information content (AvgIpc) is 2.51. The summed E-state index contributed by atoms with van der Waals surface area (Å²) in [6, 6.07) is 6.63. The Morgan fingerprint density at radius 2 is 2.14 bits per heavy atom. The van der Waals surface area contributed by atoms with E-state index in [4.69, 9.17) is 10.5 Å². The van der Waals surface area contributed by atoms with Crippen LogP contribution in [0.3, 0.4) is 0 Å². The minimum absolute atomic E-state index is 0.205. The summed E-state index contributed by atoms with van der Waals surface area (Å²) in [5.41, 5.74) is 6.48. The fourth-order valence-corrected chi connectivity index (χ4v) is 2.74. The molecule has 0 fully saturated rings. The molecule has 0 atom stereocenters. The number of guanidine groups is 1. The minimum Gasteiger partial charge on any atom is -0.383 e. The Balaban J connectivity index is 2.73. The molecule has 22 heavy (non-hydrogen) atoms. The van der Waals surface area contributed by atoms with E-state index in [0.29, 0.717) is 19.1 Å². The Bertz CT molecular complexity index is 588. The number of methoxy groups -OCH3 is 1. The second-order valence-electron chi connectivity index (χ2n) is 4.67. The van der Waals surface area contributed by atoms with Crippen molar-refractivity contribution in [3.05, 3.63) is 29.8 Å². The normalized spacial score (nSPS) is 12.4. The number of rotatable bonds is 9. The van der Waals surface area contributed by atoms with Crippen LogP contribution < -0.4 is 15.8 Å². The molecule has 1 aromatic rings. The van der Waals surface area contributed by atoms with Crippen LogP contribution >= 0.6 is 0 Å². The van der Waals surface area contributed by atoms with E-state index in [-0.39, 0.29) is 11.4 Å². The smallest absolute Gasteiger partial charge is 0.240 e. The van der Waals surface area contributed by atoms with Gasteiger partial charge in [-0.15, -0.1) is 0 Å². The van der Waals surface area contributed by atoms with Crippen molar-refractivity contribution in [2.24, 2.45) is 10.7 Å². The summed E-state index contributed by atoms with van der Waals surface area (Å²) in [6.07, 6.45) is 0.955. The molecule has 7 nitrogen and oxygen atoms in total. The van der Waals surface area contributed by atoms with Gasteiger partial charge < -0.3 is 15.8 Å². The first kappa shape index (κ1) is 18.4. The van der Waals surface area contributed by atoms with Crippen LogP contribution in [-0.4, -0.2) is 41.2 Å². The molecule has 8 heteroatoms. The highest BCUT2D eigenvalue weighted by Gasteiger charge is 2.13. The SMILES string of the molecule is CCCNC(N)=NCc1cccc(S(=O)(=O)NCCOC)c1. The van der Waals surface area contributed by atoms with Crippen molar-refractivity contribution in [2.75, 3.05) is 26.8 Å². The fourth-order valence-electron chi connectivity index (χ4n) is 1.66. The predicted molar refractivity (Wildman–Crippen MR) is 87.1 cm³/mol. The Morgan fingerprint density at radius 3 is 2.82 bits per heavy atom. The van der Waals surface area contributed by atoms with Crippen molar-refractivity contribution < 1.29 is 13.2 Å². The van der Waals surface area contributed by atoms with Gasteiger partial charge in [-0.05, 0) is 24.1 Å². The number of benzene rings is 1. The van der Waals surface area contributed by atoms with Crippen LogP contribution in [0, 0.1) is 0 Å². The van der Waals surface area contributed by atoms with E-state index in [1.54, 1.807) is 18.2 Å². The minimum atomic E-state index is -3.53. The number of hydrogen-bond acceptors (Lipinski definition) is 4. The Kier molecular flexibility index (Phi) is 7.86. The Morgan fingerprint density at radius 1 is 1.36 bits per heavy atom. The third-order valence-electron chi connectivity index (χ3n) is 2.80. The maximum atomic E-state index is 12.1. The van der Waals surface area contributed by atoms with Gasteiger partial charge in [0.05, 0.1) is 18.0 Å². The summed E-state index contributed by atoms with van der Waals surface area (Å²) in [5.74, 6) is 0.355. The molecule has 0 aromatic heterocycles. The van der Waals surface area contributed by atoms with Gasteiger partial charge in [-0.2, -0.15) is 0 Å². The summed E-state index contributed by atoms with van der Waals surface area (Å²) < 4.78 is 31.5. The maximum absolute atomic E-state index is 12.1. The molecule has 0 radical (unpaired) electrons. The Hall–Kier alpha value is -1.64. The van der Waals surface area contributed by atoms with Crippen LogP contribution in [0.4, 0.5) is 0 Å². The average molecular weight is 328 g/mol. The molecule has 1 rings (SSSR count). The van der Waals surface area contributed by atoms with Crippen LogP contribution in [0.1, 0.15) is 18.9 Å². The molecule has 0 aliphatic carbocycles. The molecular weight excluding hydrogens is 304 g/mol. The molecule has 124 valence electrons. The number of sulfonamides is 1. The largest absolute Gasteiger partial charge is 0.383 e. The highest BCUT2D eigenvalue weighted by molar-refractivity contribution is 7.89. The van der Waals surface area contributed by atoms with E-state index in [1.165, 1.54) is 7.11 Å². The molecule has 0 saturated heterocycles. The topological polar surface area (TPSA) is 106 Å². The lowest BCUT2D eigenvalue weighted by Gasteiger charge is -2.08. The molecule has 0 amide bonds. The lowest BCUT2D eigenvalue weighted by Crippen LogP contribution is -2.32. The molecule has 0 aliphatic rings. The summed E-state index contributed by atoms with van der Waals surface area (Å²) >= 11 is 0. The van der Waals surface area contributed by atoms with Crippen molar-refractivity contribution in [3.63, 3.8) is 0 Å². The van der Waals surface area contributed by atoms with Gasteiger partial charge in [0.1, 0.15) is 0 Å². The molecule has 0 saturated carbocycles. The van der Waals surface area contributed by atoms with Crippen LogP contribution in [0.25, 0.3) is 0 Å². The van der Waals surface area contributed by atoms with Gasteiger partial charge in [-0.1, -0.05) is 19.1 Å². The molecule has 0 spiro atoms. The van der Waals surface area contributed by atoms with Crippen molar-refractivity contribution >= 4 is 16.0 Å². The Labute approximate surface area is 132 Å². The first-order valence-electron chi connectivity index (χ1n) is 7.11. The second-order valence-corrected chi connectivity index (χ2v) is 6.43. The van der Waals surface area contributed by atoms with E-state index in [0.717, 1.165) is 18.5 Å². The van der Waals surface area contributed by atoms with Crippen molar-refractivity contribution in [3.8, 4) is 0 Å². The van der Waals surface area contributed by atoms with Crippen molar-refractivity contribution in [1.82, 2.24) is 10.0 Å². The lowest BCUT2D eigenvalue weighted by atomic mass is 10.2. The van der Waals surface area contributed by atoms with E-state index >= 15 is 0 Å². The van der Waals surface area contributed by atoms with Gasteiger partial charge in [0, 0.05) is 20.2 Å². The van der Waals surface area contributed by atoms with Crippen LogP contribution in [0.5, 0.6) is 0 Å². The molecule has 1 aromatic carbocycles. The van der Waals surface area contributed by atoms with Crippen molar-refractivity contribution in [1.29, 1.82) is 0 Å². The highest BCUT2D eigenvalue weighted by Crippen LogP contribution is 2.12.